The molecule has 45 heavy (non-hydrogen) atoms. The Kier molecular flexibility index (Phi) is 8.76. The number of carbonyl (C=O) groups is 3. The van der Waals surface area contributed by atoms with Crippen LogP contribution < -0.4 is 0 Å². The third kappa shape index (κ3) is 6.30. The second kappa shape index (κ2) is 12.8. The van der Waals surface area contributed by atoms with Crippen LogP contribution in [0.1, 0.15) is 40.7 Å². The highest BCUT2D eigenvalue weighted by Gasteiger charge is 2.17. The first-order chi connectivity index (χ1) is 21.6. The van der Waals surface area contributed by atoms with Crippen LogP contribution in [0.3, 0.4) is 0 Å². The molecule has 0 aliphatic heterocycles. The predicted octanol–water partition coefficient (Wildman–Crippen LogP) is 6.42. The summed E-state index contributed by atoms with van der Waals surface area (Å²) in [7, 11) is 2.06. The lowest BCUT2D eigenvalue weighted by Crippen LogP contribution is -2.09. The van der Waals surface area contributed by atoms with Crippen LogP contribution in [-0.4, -0.2) is 52.3 Å². The van der Waals surface area contributed by atoms with Gasteiger partial charge in [0.2, 0.25) is 0 Å². The number of imidazole rings is 2. The molecule has 10 heteroatoms. The highest BCUT2D eigenvalue weighted by atomic mass is 16.4. The van der Waals surface area contributed by atoms with Gasteiger partial charge in [0, 0.05) is 25.6 Å². The lowest BCUT2D eigenvalue weighted by atomic mass is 9.98. The van der Waals surface area contributed by atoms with Crippen molar-refractivity contribution in [1.82, 2.24) is 19.1 Å². The Labute approximate surface area is 258 Å². The van der Waals surface area contributed by atoms with E-state index < -0.39 is 17.9 Å². The van der Waals surface area contributed by atoms with Crippen LogP contribution in [0.15, 0.2) is 84.9 Å². The quantitative estimate of drug-likeness (QED) is 0.177. The van der Waals surface area contributed by atoms with Gasteiger partial charge in [0.1, 0.15) is 11.6 Å². The van der Waals surface area contributed by atoms with Crippen molar-refractivity contribution in [3.63, 3.8) is 0 Å². The summed E-state index contributed by atoms with van der Waals surface area (Å²) in [5.74, 6) is -2.56. The summed E-state index contributed by atoms with van der Waals surface area (Å²) in [6.45, 7) is 4.98. The van der Waals surface area contributed by atoms with E-state index in [4.69, 9.17) is 29.8 Å². The minimum atomic E-state index is -1.82. The third-order valence-electron chi connectivity index (χ3n) is 7.59. The number of hydrogen-bond acceptors (Lipinski definition) is 5. The van der Waals surface area contributed by atoms with Gasteiger partial charge in [-0.3, -0.25) is 0 Å². The standard InChI is InChI=1S/C33H30N4O2.C2H2O4/c1-4-9-30-35-31-21(2)18-24(32-34-27-12-7-8-13-28(27)36(32)3)19-29(31)37(30)20-22-14-16-23(17-15-22)25-10-5-6-11-26(25)33(38)39;3-1(4)2(5)6/h5-8,10-19H,4,9,20H2,1-3H3,(H,38,39);(H,3,4)(H,5,6). The molecule has 0 radical (unpaired) electrons. The molecule has 0 saturated carbocycles. The van der Waals surface area contributed by atoms with Crippen LogP contribution in [0.5, 0.6) is 0 Å². The van der Waals surface area contributed by atoms with Gasteiger partial charge in [-0.1, -0.05) is 61.5 Å². The van der Waals surface area contributed by atoms with E-state index >= 15 is 0 Å². The second-order valence-electron chi connectivity index (χ2n) is 10.7. The molecule has 0 fully saturated rings. The Morgan fingerprint density at radius 2 is 1.44 bits per heavy atom. The number of aliphatic carboxylic acids is 2. The number of benzene rings is 4. The van der Waals surface area contributed by atoms with Gasteiger partial charge in [0.15, 0.2) is 0 Å². The van der Waals surface area contributed by atoms with E-state index in [0.717, 1.165) is 74.4 Å². The minimum absolute atomic E-state index is 0.307. The van der Waals surface area contributed by atoms with Gasteiger partial charge >= 0.3 is 17.9 Å². The molecule has 0 aliphatic rings. The van der Waals surface area contributed by atoms with Gasteiger partial charge < -0.3 is 24.5 Å². The smallest absolute Gasteiger partial charge is 0.414 e. The van der Waals surface area contributed by atoms with Crippen LogP contribution in [0.25, 0.3) is 44.6 Å². The molecule has 0 unspecified atom stereocenters. The number of carboxylic acids is 3. The maximum absolute atomic E-state index is 11.7. The minimum Gasteiger partial charge on any atom is -0.478 e. The predicted molar refractivity (Wildman–Crippen MR) is 171 cm³/mol. The summed E-state index contributed by atoms with van der Waals surface area (Å²) in [5, 5.41) is 24.4. The molecule has 2 aromatic heterocycles. The molecule has 3 N–H and O–H groups in total. The molecule has 0 aliphatic carbocycles. The SMILES string of the molecule is CCCc1nc2c(C)cc(-c3nc4ccccc4n3C)cc2n1Cc1ccc(-c2ccccc2C(=O)O)cc1.O=C(O)C(=O)O. The van der Waals surface area contributed by atoms with Gasteiger partial charge in [-0.15, -0.1) is 0 Å². The summed E-state index contributed by atoms with van der Waals surface area (Å²) < 4.78 is 4.47. The molecule has 0 amide bonds. The lowest BCUT2D eigenvalue weighted by molar-refractivity contribution is -0.159. The van der Waals surface area contributed by atoms with Crippen molar-refractivity contribution in [3.05, 3.63) is 107 Å². The second-order valence-corrected chi connectivity index (χ2v) is 10.7. The van der Waals surface area contributed by atoms with Crippen LogP contribution in [0.2, 0.25) is 0 Å². The highest BCUT2D eigenvalue weighted by Crippen LogP contribution is 2.31. The number of rotatable bonds is 7. The van der Waals surface area contributed by atoms with Crippen LogP contribution in [0, 0.1) is 6.92 Å². The van der Waals surface area contributed by atoms with Gasteiger partial charge in [-0.05, 0) is 65.9 Å². The van der Waals surface area contributed by atoms with Crippen molar-refractivity contribution in [3.8, 4) is 22.5 Å². The Morgan fingerprint density at radius 3 is 2.09 bits per heavy atom. The largest absolute Gasteiger partial charge is 0.478 e. The molecule has 0 saturated heterocycles. The van der Waals surface area contributed by atoms with E-state index in [0.29, 0.717) is 12.1 Å². The molecular weight excluding hydrogens is 572 g/mol. The van der Waals surface area contributed by atoms with Crippen molar-refractivity contribution >= 4 is 40.0 Å². The average molecular weight is 605 g/mol. The van der Waals surface area contributed by atoms with Gasteiger partial charge in [0.05, 0.1) is 27.6 Å². The molecule has 6 aromatic rings. The third-order valence-corrected chi connectivity index (χ3v) is 7.59. The number of aromatic nitrogens is 4. The van der Waals surface area contributed by atoms with Crippen molar-refractivity contribution in [1.29, 1.82) is 0 Å². The van der Waals surface area contributed by atoms with E-state index in [1.165, 1.54) is 0 Å². The van der Waals surface area contributed by atoms with Crippen molar-refractivity contribution in [2.75, 3.05) is 0 Å². The zero-order chi connectivity index (χ0) is 32.2. The molecule has 0 atom stereocenters. The number of nitrogens with zero attached hydrogens (tertiary/aromatic N) is 4. The molecular formula is C35H32N4O6. The Morgan fingerprint density at radius 1 is 0.778 bits per heavy atom. The van der Waals surface area contributed by atoms with Gasteiger partial charge in [0.25, 0.3) is 0 Å². The average Bonchev–Trinajstić information content (AvgIpc) is 3.55. The molecule has 6 rings (SSSR count). The zero-order valence-corrected chi connectivity index (χ0v) is 25.1. The molecule has 2 heterocycles. The van der Waals surface area contributed by atoms with E-state index in [1.54, 1.807) is 12.1 Å². The summed E-state index contributed by atoms with van der Waals surface area (Å²) in [5.41, 5.74) is 9.46. The van der Waals surface area contributed by atoms with Crippen molar-refractivity contribution in [2.24, 2.45) is 7.05 Å². The van der Waals surface area contributed by atoms with Crippen LogP contribution >= 0.6 is 0 Å². The van der Waals surface area contributed by atoms with E-state index in [1.807, 2.05) is 42.5 Å². The van der Waals surface area contributed by atoms with E-state index in [9.17, 15) is 9.90 Å². The first-order valence-corrected chi connectivity index (χ1v) is 14.4. The highest BCUT2D eigenvalue weighted by molar-refractivity contribution is 6.27. The number of aromatic carboxylic acids is 1. The Bertz CT molecular complexity index is 2040. The number of para-hydroxylation sites is 2. The number of fused-ring (bicyclic) bond motifs is 2. The molecule has 10 nitrogen and oxygen atoms in total. The van der Waals surface area contributed by atoms with Crippen molar-refractivity contribution in [2.45, 2.75) is 33.2 Å². The topological polar surface area (TPSA) is 148 Å². The van der Waals surface area contributed by atoms with Crippen LogP contribution in [0.4, 0.5) is 0 Å². The Balaban J connectivity index is 0.000000609. The monoisotopic (exact) mass is 604 g/mol. The van der Waals surface area contributed by atoms with Crippen molar-refractivity contribution < 1.29 is 29.7 Å². The fraction of sp³-hybridized carbons (Fsp3) is 0.171. The first kappa shape index (κ1) is 30.7. The fourth-order valence-corrected chi connectivity index (χ4v) is 5.46. The van der Waals surface area contributed by atoms with Gasteiger partial charge in [-0.25, -0.2) is 24.4 Å². The summed E-state index contributed by atoms with van der Waals surface area (Å²) in [6, 6.07) is 27.9. The number of carboxylic acid groups (broad SMARTS) is 3. The summed E-state index contributed by atoms with van der Waals surface area (Å²) in [6.07, 6.45) is 1.89. The fourth-order valence-electron chi connectivity index (χ4n) is 5.46. The molecule has 4 aromatic carbocycles. The van der Waals surface area contributed by atoms with E-state index in [2.05, 4.69) is 60.4 Å². The maximum atomic E-state index is 11.7. The molecule has 0 bridgehead atoms. The first-order valence-electron chi connectivity index (χ1n) is 14.4. The van der Waals surface area contributed by atoms with Crippen LogP contribution in [-0.2, 0) is 29.6 Å². The lowest BCUT2D eigenvalue weighted by Gasteiger charge is -2.12. The number of hydrogen-bond donors (Lipinski definition) is 3. The van der Waals surface area contributed by atoms with Gasteiger partial charge in [-0.2, -0.15) is 0 Å². The zero-order valence-electron chi connectivity index (χ0n) is 25.1. The molecule has 228 valence electrons. The number of aryl methyl sites for hydroxylation is 3. The molecule has 0 spiro atoms. The maximum Gasteiger partial charge on any atom is 0.414 e. The normalized spacial score (nSPS) is 10.9. The summed E-state index contributed by atoms with van der Waals surface area (Å²) in [4.78, 5) is 39.9. The summed E-state index contributed by atoms with van der Waals surface area (Å²) >= 11 is 0. The Hall–Kier alpha value is -5.77. The van der Waals surface area contributed by atoms with E-state index in [-0.39, 0.29) is 0 Å².